The van der Waals surface area contributed by atoms with Crippen LogP contribution in [0.1, 0.15) is 12.8 Å². The van der Waals surface area contributed by atoms with E-state index < -0.39 is 10.4 Å². The molecule has 0 fully saturated rings. The lowest BCUT2D eigenvalue weighted by Gasteiger charge is -1.98. The highest BCUT2D eigenvalue weighted by Gasteiger charge is 2.11. The zero-order valence-corrected chi connectivity index (χ0v) is 8.39. The molecule has 1 aliphatic heterocycles. The molecule has 1 aliphatic rings. The molecule has 0 saturated carbocycles. The summed E-state index contributed by atoms with van der Waals surface area (Å²) in [5.74, 6) is 1.04. The minimum absolute atomic E-state index is 0.808. The number of methoxy groups -OCH3 is 1. The van der Waals surface area contributed by atoms with Crippen molar-refractivity contribution >= 4 is 16.3 Å². The fraction of sp³-hybridized carbons (Fsp3) is 0.833. The van der Waals surface area contributed by atoms with Crippen LogP contribution in [-0.4, -0.2) is 39.6 Å². The molecule has 0 saturated heterocycles. The smallest absolute Gasteiger partial charge is 0.334 e. The van der Waals surface area contributed by atoms with Gasteiger partial charge in [0.05, 0.1) is 20.6 Å². The molecule has 6 nitrogen and oxygen atoms in total. The Morgan fingerprint density at radius 2 is 2.00 bits per heavy atom. The third-order valence-electron chi connectivity index (χ3n) is 1.35. The van der Waals surface area contributed by atoms with Crippen LogP contribution in [0.25, 0.3) is 0 Å². The topological polar surface area (TPSA) is 89.6 Å². The molecule has 0 radical (unpaired) electrons. The largest absolute Gasteiger partial charge is 0.726 e. The summed E-state index contributed by atoms with van der Waals surface area (Å²) < 4.78 is 35.9. The Balaban J connectivity index is 0.000000226. The molecule has 0 aromatic rings. The maximum Gasteiger partial charge on any atom is 0.334 e. The summed E-state index contributed by atoms with van der Waals surface area (Å²) in [4.78, 5) is 3.10. The lowest BCUT2D eigenvalue weighted by atomic mass is 10.4. The van der Waals surface area contributed by atoms with Crippen LogP contribution in [0.15, 0.2) is 0 Å². The normalized spacial score (nSPS) is 15.8. The van der Waals surface area contributed by atoms with Crippen molar-refractivity contribution in [3.05, 3.63) is 0 Å². The van der Waals surface area contributed by atoms with Gasteiger partial charge in [-0.05, 0) is 0 Å². The molecular formula is C6H13NO5S. The van der Waals surface area contributed by atoms with Gasteiger partial charge in [0.25, 0.3) is 0 Å². The van der Waals surface area contributed by atoms with E-state index in [1.54, 1.807) is 7.11 Å². The van der Waals surface area contributed by atoms with Crippen LogP contribution >= 0.6 is 0 Å². The highest BCUT2D eigenvalue weighted by atomic mass is 32.3. The fourth-order valence-electron chi connectivity index (χ4n) is 0.739. The van der Waals surface area contributed by atoms with E-state index in [9.17, 15) is 13.0 Å². The second kappa shape index (κ2) is 5.90. The Labute approximate surface area is 77.5 Å². The zero-order valence-electron chi connectivity index (χ0n) is 7.57. The lowest BCUT2D eigenvalue weighted by molar-refractivity contribution is -0.456. The van der Waals surface area contributed by atoms with E-state index in [4.69, 9.17) is 4.74 Å². The van der Waals surface area contributed by atoms with Crippen LogP contribution in [0.5, 0.6) is 0 Å². The molecular weight excluding hydrogens is 198 g/mol. The second-order valence-corrected chi connectivity index (χ2v) is 3.38. The highest BCUT2D eigenvalue weighted by Crippen LogP contribution is 1.88. The quantitative estimate of drug-likeness (QED) is 0.400. The summed E-state index contributed by atoms with van der Waals surface area (Å²) in [5.41, 5.74) is 0. The van der Waals surface area contributed by atoms with Crippen molar-refractivity contribution in [2.24, 2.45) is 0 Å². The van der Waals surface area contributed by atoms with Gasteiger partial charge < -0.3 is 9.29 Å². The molecule has 0 aromatic carbocycles. The van der Waals surface area contributed by atoms with Crippen LogP contribution < -0.4 is 4.99 Å². The van der Waals surface area contributed by atoms with Gasteiger partial charge in [0, 0.05) is 6.42 Å². The van der Waals surface area contributed by atoms with E-state index in [1.807, 2.05) is 0 Å². The summed E-state index contributed by atoms with van der Waals surface area (Å²) in [6, 6.07) is 0. The first-order valence-electron chi connectivity index (χ1n) is 3.64. The second-order valence-electron chi connectivity index (χ2n) is 2.23. The summed E-state index contributed by atoms with van der Waals surface area (Å²) in [6.45, 7) is 1.09. The Morgan fingerprint density at radius 3 is 2.15 bits per heavy atom. The number of ether oxygens (including phenoxy) is 1. The van der Waals surface area contributed by atoms with Crippen molar-refractivity contribution in [1.29, 1.82) is 0 Å². The van der Waals surface area contributed by atoms with Gasteiger partial charge in [0.2, 0.25) is 10.4 Å². The molecule has 0 atom stereocenters. The van der Waals surface area contributed by atoms with E-state index in [0.29, 0.717) is 0 Å². The van der Waals surface area contributed by atoms with Crippen molar-refractivity contribution in [3.63, 3.8) is 0 Å². The summed E-state index contributed by atoms with van der Waals surface area (Å²) in [7, 11) is -1.90. The maximum atomic E-state index is 9.22. The van der Waals surface area contributed by atoms with Gasteiger partial charge in [-0.1, -0.05) is 0 Å². The molecule has 1 rings (SSSR count). The SMILES string of the molecule is COC1=[NH+]CCC1.COS(=O)(=O)[O-]. The molecule has 78 valence electrons. The predicted molar refractivity (Wildman–Crippen MR) is 43.8 cm³/mol. The first-order chi connectivity index (χ1) is 5.99. The summed E-state index contributed by atoms with van der Waals surface area (Å²) in [6.07, 6.45) is 2.32. The van der Waals surface area contributed by atoms with Gasteiger partial charge in [0.1, 0.15) is 6.54 Å². The highest BCUT2D eigenvalue weighted by molar-refractivity contribution is 7.80. The predicted octanol–water partition coefficient (Wildman–Crippen LogP) is -2.00. The molecule has 0 aliphatic carbocycles. The monoisotopic (exact) mass is 211 g/mol. The van der Waals surface area contributed by atoms with Gasteiger partial charge in [-0.25, -0.2) is 13.4 Å². The Hall–Kier alpha value is -0.660. The molecule has 1 heterocycles. The first-order valence-corrected chi connectivity index (χ1v) is 4.98. The summed E-state index contributed by atoms with van der Waals surface area (Å²) in [5, 5.41) is 0. The molecule has 0 unspecified atom stereocenters. The summed E-state index contributed by atoms with van der Waals surface area (Å²) >= 11 is 0. The minimum Gasteiger partial charge on any atom is -0.726 e. The van der Waals surface area contributed by atoms with Gasteiger partial charge in [-0.15, -0.1) is 0 Å². The Kier molecular flexibility index (Phi) is 5.60. The molecule has 13 heavy (non-hydrogen) atoms. The average molecular weight is 211 g/mol. The van der Waals surface area contributed by atoms with Crippen LogP contribution in [0.3, 0.4) is 0 Å². The third kappa shape index (κ3) is 7.69. The van der Waals surface area contributed by atoms with Gasteiger partial charge >= 0.3 is 5.90 Å². The van der Waals surface area contributed by atoms with Gasteiger partial charge in [-0.2, -0.15) is 0 Å². The molecule has 0 amide bonds. The van der Waals surface area contributed by atoms with Crippen molar-refractivity contribution in [3.8, 4) is 0 Å². The van der Waals surface area contributed by atoms with Gasteiger partial charge in [0.15, 0.2) is 0 Å². The van der Waals surface area contributed by atoms with E-state index in [0.717, 1.165) is 26.0 Å². The molecule has 7 heteroatoms. The van der Waals surface area contributed by atoms with Crippen molar-refractivity contribution in [2.45, 2.75) is 12.8 Å². The Morgan fingerprint density at radius 1 is 1.46 bits per heavy atom. The van der Waals surface area contributed by atoms with Crippen LogP contribution in [-0.2, 0) is 19.3 Å². The maximum absolute atomic E-state index is 9.22. The molecule has 0 bridgehead atoms. The molecule has 0 spiro atoms. The van der Waals surface area contributed by atoms with Crippen molar-refractivity contribution in [1.82, 2.24) is 0 Å². The lowest BCUT2D eigenvalue weighted by Crippen LogP contribution is -2.69. The van der Waals surface area contributed by atoms with Crippen LogP contribution in [0, 0.1) is 0 Å². The third-order valence-corrected chi connectivity index (χ3v) is 1.76. The standard InChI is InChI=1S/C5H9NO.CH4O4S/c1-7-5-3-2-4-6-5;1-5-6(2,3)4/h2-4H2,1H3;1H3,(H,2,3,4). The van der Waals surface area contributed by atoms with E-state index in [1.165, 1.54) is 6.42 Å². The fourth-order valence-corrected chi connectivity index (χ4v) is 0.739. The van der Waals surface area contributed by atoms with E-state index >= 15 is 0 Å². The number of hydrogen-bond acceptors (Lipinski definition) is 5. The minimum atomic E-state index is -4.41. The number of hydrogen-bond donors (Lipinski definition) is 1. The number of rotatable bonds is 1. The Bertz CT molecular complexity index is 258. The first kappa shape index (κ1) is 12.3. The van der Waals surface area contributed by atoms with Crippen molar-refractivity contribution < 1.29 is 26.9 Å². The van der Waals surface area contributed by atoms with Gasteiger partial charge in [-0.3, -0.25) is 4.18 Å². The van der Waals surface area contributed by atoms with Crippen LogP contribution in [0.4, 0.5) is 0 Å². The van der Waals surface area contributed by atoms with Crippen LogP contribution in [0.2, 0.25) is 0 Å². The zero-order chi connectivity index (χ0) is 10.3. The average Bonchev–Trinajstić information content (AvgIpc) is 2.56. The number of nitrogens with one attached hydrogen (secondary N) is 1. The molecule has 1 N–H and O–H groups in total. The molecule has 0 aromatic heterocycles. The van der Waals surface area contributed by atoms with E-state index in [-0.39, 0.29) is 0 Å². The van der Waals surface area contributed by atoms with Crippen molar-refractivity contribution in [2.75, 3.05) is 20.8 Å². The van der Waals surface area contributed by atoms with E-state index in [2.05, 4.69) is 9.18 Å².